The van der Waals surface area contributed by atoms with E-state index in [1.54, 1.807) is 17.7 Å². The molecule has 2 heterocycles. The van der Waals surface area contributed by atoms with E-state index in [4.69, 9.17) is 9.47 Å². The second-order valence-electron chi connectivity index (χ2n) is 2.36. The Morgan fingerprint density at radius 1 is 1.92 bits per heavy atom. The van der Waals surface area contributed by atoms with Gasteiger partial charge in [-0.2, -0.15) is 9.78 Å². The monoisotopic (exact) mass is 168 g/mol. The molecular weight excluding hydrogens is 160 g/mol. The van der Waals surface area contributed by atoms with Gasteiger partial charge in [-0.25, -0.2) is 4.79 Å². The summed E-state index contributed by atoms with van der Waals surface area (Å²) in [5.41, 5.74) is 0.310. The van der Waals surface area contributed by atoms with E-state index in [1.807, 2.05) is 0 Å². The molecule has 0 atom stereocenters. The molecule has 64 valence electrons. The smallest absolute Gasteiger partial charge is 0.358 e. The number of ether oxygens (including phenoxy) is 2. The Hall–Kier alpha value is -1.52. The summed E-state index contributed by atoms with van der Waals surface area (Å²) in [5, 5.41) is 3.93. The van der Waals surface area contributed by atoms with Crippen LogP contribution in [-0.2, 0) is 11.5 Å². The molecule has 0 bridgehead atoms. The van der Waals surface area contributed by atoms with Gasteiger partial charge in [-0.05, 0) is 6.92 Å². The molecule has 0 radical (unpaired) electrons. The predicted molar refractivity (Wildman–Crippen MR) is 38.8 cm³/mol. The molecular formula is C7H8N2O3. The van der Waals surface area contributed by atoms with Crippen LogP contribution in [0, 0.1) is 0 Å². The van der Waals surface area contributed by atoms with Crippen LogP contribution >= 0.6 is 0 Å². The van der Waals surface area contributed by atoms with Gasteiger partial charge in [-0.15, -0.1) is 0 Å². The molecule has 0 aliphatic carbocycles. The molecule has 0 fully saturated rings. The van der Waals surface area contributed by atoms with E-state index in [0.29, 0.717) is 24.9 Å². The minimum Gasteiger partial charge on any atom is -0.461 e. The molecule has 0 aromatic carbocycles. The fourth-order valence-electron chi connectivity index (χ4n) is 0.972. The summed E-state index contributed by atoms with van der Waals surface area (Å²) in [4.78, 5) is 11.1. The van der Waals surface area contributed by atoms with E-state index in [2.05, 4.69) is 5.10 Å². The van der Waals surface area contributed by atoms with E-state index in [1.165, 1.54) is 0 Å². The third kappa shape index (κ3) is 0.939. The lowest BCUT2D eigenvalue weighted by Gasteiger charge is -2.15. The quantitative estimate of drug-likeness (QED) is 0.600. The van der Waals surface area contributed by atoms with Gasteiger partial charge in [0, 0.05) is 6.07 Å². The standard InChI is InChI=1S/C7H8N2O3/c1-2-11-7(10)5-3-6-9(8-5)4-12-6/h3H,2,4H2,1H3. The van der Waals surface area contributed by atoms with E-state index in [-0.39, 0.29) is 0 Å². The first-order valence-electron chi connectivity index (χ1n) is 3.69. The molecule has 0 unspecified atom stereocenters. The van der Waals surface area contributed by atoms with Crippen LogP contribution in [0.25, 0.3) is 0 Å². The second-order valence-corrected chi connectivity index (χ2v) is 2.36. The molecule has 1 aromatic rings. The number of carbonyl (C=O) groups excluding carboxylic acids is 1. The molecule has 1 aliphatic rings. The average Bonchev–Trinajstić information content (AvgIpc) is 2.29. The first kappa shape index (κ1) is 7.15. The van der Waals surface area contributed by atoms with Gasteiger partial charge in [-0.3, -0.25) is 0 Å². The van der Waals surface area contributed by atoms with Crippen molar-refractivity contribution in [2.24, 2.45) is 0 Å². The SMILES string of the molecule is CCOC(=O)c1cc2n(n1)CO2. The summed E-state index contributed by atoms with van der Waals surface area (Å²) in [6.07, 6.45) is 0. The summed E-state index contributed by atoms with van der Waals surface area (Å²) in [5.74, 6) is 0.223. The molecule has 12 heavy (non-hydrogen) atoms. The first-order valence-corrected chi connectivity index (χ1v) is 3.69. The van der Waals surface area contributed by atoms with Crippen LogP contribution in [0.2, 0.25) is 0 Å². The maximum Gasteiger partial charge on any atom is 0.358 e. The molecule has 0 amide bonds. The highest BCUT2D eigenvalue weighted by atomic mass is 16.5. The van der Waals surface area contributed by atoms with Crippen molar-refractivity contribution in [1.29, 1.82) is 0 Å². The largest absolute Gasteiger partial charge is 0.461 e. The van der Waals surface area contributed by atoms with Crippen molar-refractivity contribution in [2.75, 3.05) is 6.61 Å². The zero-order chi connectivity index (χ0) is 8.55. The molecule has 1 aromatic heterocycles. The Bertz CT molecular complexity index is 297. The van der Waals surface area contributed by atoms with Crippen molar-refractivity contribution >= 4 is 5.97 Å². The Kier molecular flexibility index (Phi) is 1.49. The van der Waals surface area contributed by atoms with Crippen molar-refractivity contribution in [3.63, 3.8) is 0 Å². The Morgan fingerprint density at radius 2 is 2.75 bits per heavy atom. The topological polar surface area (TPSA) is 53.4 Å². The van der Waals surface area contributed by atoms with Crippen LogP contribution in [0.1, 0.15) is 17.4 Å². The number of fused-ring (bicyclic) bond motifs is 1. The maximum atomic E-state index is 11.1. The predicted octanol–water partition coefficient (Wildman–Crippen LogP) is 0.410. The van der Waals surface area contributed by atoms with Crippen molar-refractivity contribution in [2.45, 2.75) is 13.7 Å². The summed E-state index contributed by atoms with van der Waals surface area (Å²) < 4.78 is 11.3. The molecule has 2 rings (SSSR count). The first-order chi connectivity index (χ1) is 5.81. The van der Waals surface area contributed by atoms with E-state index in [0.717, 1.165) is 0 Å². The lowest BCUT2D eigenvalue weighted by Crippen LogP contribution is -2.18. The van der Waals surface area contributed by atoms with Crippen molar-refractivity contribution < 1.29 is 14.3 Å². The fraction of sp³-hybridized carbons (Fsp3) is 0.429. The second kappa shape index (κ2) is 2.51. The lowest BCUT2D eigenvalue weighted by molar-refractivity contribution is 0.0516. The Balaban J connectivity index is 2.17. The van der Waals surface area contributed by atoms with Crippen LogP contribution in [-0.4, -0.2) is 22.4 Å². The molecule has 0 saturated heterocycles. The number of carbonyl (C=O) groups is 1. The van der Waals surface area contributed by atoms with E-state index < -0.39 is 5.97 Å². The zero-order valence-electron chi connectivity index (χ0n) is 6.61. The van der Waals surface area contributed by atoms with Crippen molar-refractivity contribution in [3.05, 3.63) is 11.8 Å². The molecule has 0 saturated carbocycles. The minimum atomic E-state index is -0.400. The molecule has 0 N–H and O–H groups in total. The van der Waals surface area contributed by atoms with E-state index >= 15 is 0 Å². The molecule has 5 nitrogen and oxygen atoms in total. The number of hydrogen-bond acceptors (Lipinski definition) is 4. The number of nitrogens with zero attached hydrogens (tertiary/aromatic N) is 2. The fourth-order valence-corrected chi connectivity index (χ4v) is 0.972. The Labute approximate surface area is 68.9 Å². The van der Waals surface area contributed by atoms with Gasteiger partial charge >= 0.3 is 5.97 Å². The van der Waals surface area contributed by atoms with Gasteiger partial charge in [-0.1, -0.05) is 0 Å². The third-order valence-electron chi connectivity index (χ3n) is 1.56. The minimum absolute atomic E-state index is 0.310. The van der Waals surface area contributed by atoms with Crippen LogP contribution in [0.4, 0.5) is 0 Å². The lowest BCUT2D eigenvalue weighted by atomic mass is 10.4. The highest BCUT2D eigenvalue weighted by Gasteiger charge is 2.21. The zero-order valence-corrected chi connectivity index (χ0v) is 6.61. The third-order valence-corrected chi connectivity index (χ3v) is 1.56. The summed E-state index contributed by atoms with van der Waals surface area (Å²) >= 11 is 0. The van der Waals surface area contributed by atoms with Crippen molar-refractivity contribution in [3.8, 4) is 5.88 Å². The average molecular weight is 168 g/mol. The number of aromatic nitrogens is 2. The highest BCUT2D eigenvalue weighted by Crippen LogP contribution is 2.21. The normalized spacial score (nSPS) is 12.8. The summed E-state index contributed by atoms with van der Waals surface area (Å²) in [7, 11) is 0. The van der Waals surface area contributed by atoms with Crippen LogP contribution in [0.5, 0.6) is 5.88 Å². The number of rotatable bonds is 2. The summed E-state index contributed by atoms with van der Waals surface area (Å²) in [6, 6.07) is 1.57. The van der Waals surface area contributed by atoms with Crippen LogP contribution in [0.3, 0.4) is 0 Å². The molecule has 1 aliphatic heterocycles. The Morgan fingerprint density at radius 3 is 3.17 bits per heavy atom. The van der Waals surface area contributed by atoms with Gasteiger partial charge in [0.25, 0.3) is 0 Å². The molecule has 0 spiro atoms. The number of hydrogen-bond donors (Lipinski definition) is 0. The summed E-state index contributed by atoms with van der Waals surface area (Å²) in [6.45, 7) is 2.54. The van der Waals surface area contributed by atoms with Crippen molar-refractivity contribution in [1.82, 2.24) is 9.78 Å². The van der Waals surface area contributed by atoms with Gasteiger partial charge in [0.15, 0.2) is 12.4 Å². The highest BCUT2D eigenvalue weighted by molar-refractivity contribution is 5.87. The van der Waals surface area contributed by atoms with Gasteiger partial charge < -0.3 is 9.47 Å². The number of esters is 1. The van der Waals surface area contributed by atoms with Gasteiger partial charge in [0.05, 0.1) is 6.61 Å². The van der Waals surface area contributed by atoms with Crippen LogP contribution < -0.4 is 4.74 Å². The van der Waals surface area contributed by atoms with Gasteiger partial charge in [0.2, 0.25) is 5.88 Å². The van der Waals surface area contributed by atoms with Gasteiger partial charge in [0.1, 0.15) is 0 Å². The van der Waals surface area contributed by atoms with E-state index in [9.17, 15) is 4.79 Å². The maximum absolute atomic E-state index is 11.1. The van der Waals surface area contributed by atoms with Crippen LogP contribution in [0.15, 0.2) is 6.07 Å². The molecule has 5 heteroatoms.